The van der Waals surface area contributed by atoms with Crippen molar-refractivity contribution in [3.63, 3.8) is 0 Å². The van der Waals surface area contributed by atoms with E-state index >= 15 is 0 Å². The third-order valence-electron chi connectivity index (χ3n) is 5.40. The second-order valence-corrected chi connectivity index (χ2v) is 8.39. The van der Waals surface area contributed by atoms with E-state index in [0.717, 1.165) is 27.6 Å². The number of halogens is 2. The minimum absolute atomic E-state index is 0.0392. The summed E-state index contributed by atoms with van der Waals surface area (Å²) in [6.07, 6.45) is 0. The van der Waals surface area contributed by atoms with Crippen molar-refractivity contribution in [3.05, 3.63) is 106 Å². The van der Waals surface area contributed by atoms with Crippen molar-refractivity contribution in [2.24, 2.45) is 0 Å². The van der Waals surface area contributed by atoms with Gasteiger partial charge in [-0.1, -0.05) is 77.8 Å². The lowest BCUT2D eigenvalue weighted by Gasteiger charge is -2.10. The molecule has 0 fully saturated rings. The van der Waals surface area contributed by atoms with Gasteiger partial charge < -0.3 is 5.32 Å². The summed E-state index contributed by atoms with van der Waals surface area (Å²) in [7, 11) is 0. The van der Waals surface area contributed by atoms with Gasteiger partial charge in [0.1, 0.15) is 0 Å². The predicted molar refractivity (Wildman–Crippen MR) is 133 cm³/mol. The fourth-order valence-electron chi connectivity index (χ4n) is 3.73. The van der Waals surface area contributed by atoms with Crippen molar-refractivity contribution in [1.82, 2.24) is 14.8 Å². The van der Waals surface area contributed by atoms with Crippen LogP contribution in [0.15, 0.2) is 84.9 Å². The molecule has 0 atom stereocenters. The Labute approximate surface area is 200 Å². The molecule has 1 N–H and O–H groups in total. The summed E-state index contributed by atoms with van der Waals surface area (Å²) in [6, 6.07) is 26.4. The van der Waals surface area contributed by atoms with Gasteiger partial charge in [0.2, 0.25) is 5.82 Å². The molecule has 0 aliphatic heterocycles. The van der Waals surface area contributed by atoms with Gasteiger partial charge in [-0.25, -0.2) is 9.67 Å². The molecule has 0 saturated carbocycles. The highest BCUT2D eigenvalue weighted by Crippen LogP contribution is 2.29. The Morgan fingerprint density at radius 1 is 0.909 bits per heavy atom. The molecule has 1 amide bonds. The highest BCUT2D eigenvalue weighted by atomic mass is 35.5. The van der Waals surface area contributed by atoms with E-state index in [2.05, 4.69) is 15.4 Å². The van der Waals surface area contributed by atoms with Crippen LogP contribution in [0.2, 0.25) is 10.0 Å². The number of carbonyl (C=O) groups is 1. The first kappa shape index (κ1) is 21.2. The third kappa shape index (κ3) is 4.09. The molecule has 5 rings (SSSR count). The van der Waals surface area contributed by atoms with Crippen LogP contribution in [-0.4, -0.2) is 20.7 Å². The Morgan fingerprint density at radius 3 is 2.52 bits per heavy atom. The number of anilines is 1. The van der Waals surface area contributed by atoms with Crippen molar-refractivity contribution < 1.29 is 4.79 Å². The van der Waals surface area contributed by atoms with Gasteiger partial charge in [-0.3, -0.25) is 4.79 Å². The van der Waals surface area contributed by atoms with E-state index in [1.54, 1.807) is 16.8 Å². The molecular formula is C26H18Cl2N4O. The number of benzene rings is 4. The number of nitrogens with one attached hydrogen (secondary N) is 1. The second-order valence-electron chi connectivity index (χ2n) is 7.55. The van der Waals surface area contributed by atoms with Crippen molar-refractivity contribution in [3.8, 4) is 17.1 Å². The molecule has 5 aromatic rings. The second kappa shape index (κ2) is 8.70. The van der Waals surface area contributed by atoms with Gasteiger partial charge >= 0.3 is 0 Å². The highest BCUT2D eigenvalue weighted by Gasteiger charge is 2.21. The smallest absolute Gasteiger partial charge is 0.295 e. The maximum absolute atomic E-state index is 13.2. The summed E-state index contributed by atoms with van der Waals surface area (Å²) in [6.45, 7) is 1.90. The average Bonchev–Trinajstić information content (AvgIpc) is 3.27. The van der Waals surface area contributed by atoms with Crippen LogP contribution in [0.4, 0.5) is 5.69 Å². The van der Waals surface area contributed by atoms with E-state index in [1.165, 1.54) is 0 Å². The molecule has 5 nitrogen and oxygen atoms in total. The number of hydrogen-bond acceptors (Lipinski definition) is 3. The van der Waals surface area contributed by atoms with Crippen LogP contribution in [0.25, 0.3) is 27.8 Å². The van der Waals surface area contributed by atoms with Gasteiger partial charge in [0.15, 0.2) is 5.82 Å². The molecule has 1 heterocycles. The molecule has 0 aliphatic rings. The molecule has 0 unspecified atom stereocenters. The Hall–Kier alpha value is -3.67. The number of nitrogens with zero attached hydrogens (tertiary/aromatic N) is 3. The van der Waals surface area contributed by atoms with E-state index in [-0.39, 0.29) is 5.82 Å². The Kier molecular flexibility index (Phi) is 5.58. The van der Waals surface area contributed by atoms with Crippen molar-refractivity contribution in [2.45, 2.75) is 6.92 Å². The predicted octanol–water partition coefficient (Wildman–Crippen LogP) is 6.96. The zero-order chi connectivity index (χ0) is 22.9. The van der Waals surface area contributed by atoms with Crippen LogP contribution in [0.3, 0.4) is 0 Å². The molecular weight excluding hydrogens is 455 g/mol. The maximum atomic E-state index is 13.2. The molecule has 162 valence electrons. The Balaban J connectivity index is 1.61. The quantitative estimate of drug-likeness (QED) is 0.307. The van der Waals surface area contributed by atoms with Gasteiger partial charge in [0, 0.05) is 26.7 Å². The van der Waals surface area contributed by atoms with E-state index in [9.17, 15) is 4.79 Å². The van der Waals surface area contributed by atoms with Gasteiger partial charge in [-0.15, -0.1) is 5.10 Å². The fourth-order valence-corrected chi connectivity index (χ4v) is 4.09. The van der Waals surface area contributed by atoms with Crippen LogP contribution in [-0.2, 0) is 0 Å². The van der Waals surface area contributed by atoms with E-state index < -0.39 is 5.91 Å². The molecule has 4 aromatic carbocycles. The maximum Gasteiger partial charge on any atom is 0.295 e. The summed E-state index contributed by atoms with van der Waals surface area (Å²) < 4.78 is 1.63. The summed E-state index contributed by atoms with van der Waals surface area (Å²) in [5.41, 5.74) is 2.99. The number of amides is 1. The zero-order valence-electron chi connectivity index (χ0n) is 17.6. The SMILES string of the molecule is Cc1c(Cl)cccc1-n1nc(C(=O)Nc2cccc3ccccc23)nc1-c1cccc(Cl)c1. The number of aromatic nitrogens is 3. The summed E-state index contributed by atoms with van der Waals surface area (Å²) in [5, 5.41) is 10.6. The lowest BCUT2D eigenvalue weighted by molar-refractivity contribution is 0.101. The lowest BCUT2D eigenvalue weighted by atomic mass is 10.1. The first-order chi connectivity index (χ1) is 16.0. The molecule has 0 spiro atoms. The Morgan fingerprint density at radius 2 is 1.67 bits per heavy atom. The van der Waals surface area contributed by atoms with Crippen LogP contribution in [0, 0.1) is 6.92 Å². The summed E-state index contributed by atoms with van der Waals surface area (Å²) >= 11 is 12.6. The van der Waals surface area contributed by atoms with Crippen molar-refractivity contribution in [2.75, 3.05) is 5.32 Å². The largest absolute Gasteiger partial charge is 0.319 e. The molecule has 0 saturated heterocycles. The monoisotopic (exact) mass is 472 g/mol. The van der Waals surface area contributed by atoms with E-state index in [0.29, 0.717) is 21.6 Å². The molecule has 0 radical (unpaired) electrons. The van der Waals surface area contributed by atoms with Crippen molar-refractivity contribution >= 4 is 45.6 Å². The van der Waals surface area contributed by atoms with Gasteiger partial charge in [0.25, 0.3) is 5.91 Å². The minimum Gasteiger partial charge on any atom is -0.319 e. The molecule has 0 bridgehead atoms. The van der Waals surface area contributed by atoms with Gasteiger partial charge in [-0.05, 0) is 48.2 Å². The topological polar surface area (TPSA) is 59.8 Å². The number of rotatable bonds is 4. The average molecular weight is 473 g/mol. The minimum atomic E-state index is -0.409. The summed E-state index contributed by atoms with van der Waals surface area (Å²) in [5.74, 6) is 0.122. The highest BCUT2D eigenvalue weighted by molar-refractivity contribution is 6.31. The van der Waals surface area contributed by atoms with Gasteiger partial charge in [0.05, 0.1) is 5.69 Å². The third-order valence-corrected chi connectivity index (χ3v) is 6.04. The molecule has 7 heteroatoms. The number of fused-ring (bicyclic) bond motifs is 1. The van der Waals surface area contributed by atoms with Crippen molar-refractivity contribution in [1.29, 1.82) is 0 Å². The standard InChI is InChI=1S/C26H18Cl2N4O/c1-16-21(28)12-6-14-23(16)32-25(18-9-4-10-19(27)15-18)30-24(31-32)26(33)29-22-13-5-8-17-7-2-3-11-20(17)22/h2-15H,1H3,(H,29,33). The summed E-state index contributed by atoms with van der Waals surface area (Å²) in [4.78, 5) is 17.8. The van der Waals surface area contributed by atoms with Crippen LogP contribution >= 0.6 is 23.2 Å². The van der Waals surface area contributed by atoms with Crippen LogP contribution in [0.5, 0.6) is 0 Å². The Bertz CT molecular complexity index is 1500. The normalized spacial score (nSPS) is 11.0. The first-order valence-corrected chi connectivity index (χ1v) is 11.0. The van der Waals surface area contributed by atoms with E-state index in [4.69, 9.17) is 23.2 Å². The molecule has 1 aromatic heterocycles. The molecule has 33 heavy (non-hydrogen) atoms. The van der Waals surface area contributed by atoms with Gasteiger partial charge in [-0.2, -0.15) is 0 Å². The van der Waals surface area contributed by atoms with E-state index in [1.807, 2.05) is 79.7 Å². The fraction of sp³-hybridized carbons (Fsp3) is 0.0385. The number of carbonyl (C=O) groups excluding carboxylic acids is 1. The first-order valence-electron chi connectivity index (χ1n) is 10.3. The zero-order valence-corrected chi connectivity index (χ0v) is 19.1. The number of hydrogen-bond donors (Lipinski definition) is 1. The van der Waals surface area contributed by atoms with Crippen LogP contribution < -0.4 is 5.32 Å². The molecule has 0 aliphatic carbocycles. The van der Waals surface area contributed by atoms with Crippen LogP contribution in [0.1, 0.15) is 16.2 Å². The lowest BCUT2D eigenvalue weighted by Crippen LogP contribution is -2.14.